The molecule has 1 rings (SSSR count). The highest BCUT2D eigenvalue weighted by Crippen LogP contribution is 2.27. The van der Waals surface area contributed by atoms with Gasteiger partial charge in [-0.1, -0.05) is 44.2 Å². The number of carbonyl (C=O) groups is 1. The number of rotatable bonds is 6. The highest BCUT2D eigenvalue weighted by atomic mass is 16.4. The van der Waals surface area contributed by atoms with E-state index in [1.165, 1.54) is 32.1 Å². The van der Waals surface area contributed by atoms with Gasteiger partial charge in [-0.3, -0.25) is 4.79 Å². The van der Waals surface area contributed by atoms with Gasteiger partial charge >= 0.3 is 0 Å². The molecule has 1 saturated carbocycles. The molecule has 0 spiro atoms. The number of oxime groups is 1. The average Bonchev–Trinajstić information content (AvgIpc) is 2.42. The summed E-state index contributed by atoms with van der Waals surface area (Å²) in [7, 11) is 0. The normalized spacial score (nSPS) is 19.5. The Bertz CT molecular complexity index is 286. The molecule has 0 heterocycles. The van der Waals surface area contributed by atoms with Crippen molar-refractivity contribution in [3.05, 3.63) is 0 Å². The summed E-state index contributed by atoms with van der Waals surface area (Å²) in [6, 6.07) is 0. The molecule has 0 saturated heterocycles. The quantitative estimate of drug-likeness (QED) is 0.293. The maximum absolute atomic E-state index is 11.6. The van der Waals surface area contributed by atoms with Crippen molar-refractivity contribution in [3.8, 4) is 0 Å². The summed E-state index contributed by atoms with van der Waals surface area (Å²) in [5.41, 5.74) is 5.44. The van der Waals surface area contributed by atoms with E-state index in [-0.39, 0.29) is 17.7 Å². The standard InChI is InChI=1S/C13H25N3O2/c1-10(13(14)16-18)9-15-12(17)8-7-11-5-3-2-4-6-11/h10-11,18H,2-9H2,1H3,(H2,14,16)(H,15,17). The van der Waals surface area contributed by atoms with Crippen LogP contribution in [0.25, 0.3) is 0 Å². The van der Waals surface area contributed by atoms with Crippen LogP contribution in [0, 0.1) is 11.8 Å². The van der Waals surface area contributed by atoms with Crippen molar-refractivity contribution < 1.29 is 10.0 Å². The van der Waals surface area contributed by atoms with Gasteiger partial charge in [0.2, 0.25) is 5.91 Å². The lowest BCUT2D eigenvalue weighted by molar-refractivity contribution is -0.121. The second kappa shape index (κ2) is 7.95. The van der Waals surface area contributed by atoms with E-state index < -0.39 is 0 Å². The van der Waals surface area contributed by atoms with Crippen molar-refractivity contribution in [2.75, 3.05) is 6.54 Å². The van der Waals surface area contributed by atoms with Gasteiger partial charge in [-0.05, 0) is 12.3 Å². The van der Waals surface area contributed by atoms with Crippen molar-refractivity contribution in [3.63, 3.8) is 0 Å². The molecule has 5 heteroatoms. The molecular formula is C13H25N3O2. The second-order valence-electron chi connectivity index (χ2n) is 5.27. The Balaban J connectivity index is 2.13. The highest BCUT2D eigenvalue weighted by molar-refractivity contribution is 5.83. The van der Waals surface area contributed by atoms with Crippen LogP contribution in [0.2, 0.25) is 0 Å². The van der Waals surface area contributed by atoms with Crippen molar-refractivity contribution in [2.45, 2.75) is 51.9 Å². The maximum Gasteiger partial charge on any atom is 0.220 e. The third-order valence-electron chi connectivity index (χ3n) is 3.73. The molecule has 1 amide bonds. The predicted octanol–water partition coefficient (Wildman–Crippen LogP) is 1.85. The van der Waals surface area contributed by atoms with Crippen LogP contribution in [0.15, 0.2) is 5.16 Å². The van der Waals surface area contributed by atoms with E-state index in [1.54, 1.807) is 0 Å². The first-order valence-corrected chi connectivity index (χ1v) is 6.87. The van der Waals surface area contributed by atoms with Crippen LogP contribution in [0.1, 0.15) is 51.9 Å². The SMILES string of the molecule is CC(CNC(=O)CCC1CCCCC1)C(N)=NO. The van der Waals surface area contributed by atoms with Crippen LogP contribution < -0.4 is 11.1 Å². The molecule has 0 aromatic carbocycles. The lowest BCUT2D eigenvalue weighted by Gasteiger charge is -2.21. The van der Waals surface area contributed by atoms with E-state index in [9.17, 15) is 4.79 Å². The van der Waals surface area contributed by atoms with Gasteiger partial charge in [-0.25, -0.2) is 0 Å². The number of nitrogens with one attached hydrogen (secondary N) is 1. The van der Waals surface area contributed by atoms with Gasteiger partial charge in [0.25, 0.3) is 0 Å². The second-order valence-corrected chi connectivity index (χ2v) is 5.27. The van der Waals surface area contributed by atoms with Crippen LogP contribution >= 0.6 is 0 Å². The molecule has 18 heavy (non-hydrogen) atoms. The monoisotopic (exact) mass is 255 g/mol. The third-order valence-corrected chi connectivity index (χ3v) is 3.73. The number of carbonyl (C=O) groups excluding carboxylic acids is 1. The molecule has 1 fully saturated rings. The maximum atomic E-state index is 11.6. The number of hydrogen-bond donors (Lipinski definition) is 3. The van der Waals surface area contributed by atoms with Crippen molar-refractivity contribution >= 4 is 11.7 Å². The fourth-order valence-corrected chi connectivity index (χ4v) is 2.37. The van der Waals surface area contributed by atoms with Crippen LogP contribution in [0.5, 0.6) is 0 Å². The summed E-state index contributed by atoms with van der Waals surface area (Å²) in [4.78, 5) is 11.6. The number of amidine groups is 1. The first-order valence-electron chi connectivity index (χ1n) is 6.87. The Kier molecular flexibility index (Phi) is 6.54. The highest BCUT2D eigenvalue weighted by Gasteiger charge is 2.15. The zero-order chi connectivity index (χ0) is 13.4. The van der Waals surface area contributed by atoms with Crippen LogP contribution in [-0.4, -0.2) is 23.5 Å². The van der Waals surface area contributed by atoms with E-state index in [0.29, 0.717) is 13.0 Å². The van der Waals surface area contributed by atoms with Gasteiger partial charge < -0.3 is 16.3 Å². The molecule has 0 aromatic heterocycles. The van der Waals surface area contributed by atoms with Crippen LogP contribution in [0.4, 0.5) is 0 Å². The zero-order valence-electron chi connectivity index (χ0n) is 11.2. The van der Waals surface area contributed by atoms with E-state index in [1.807, 2.05) is 6.92 Å². The molecule has 1 unspecified atom stereocenters. The van der Waals surface area contributed by atoms with Gasteiger partial charge in [0.15, 0.2) is 0 Å². The Morgan fingerprint density at radius 3 is 2.72 bits per heavy atom. The van der Waals surface area contributed by atoms with Gasteiger partial charge in [0.1, 0.15) is 5.84 Å². The van der Waals surface area contributed by atoms with E-state index >= 15 is 0 Å². The molecule has 0 aliphatic heterocycles. The van der Waals surface area contributed by atoms with E-state index in [0.717, 1.165) is 12.3 Å². The first-order chi connectivity index (χ1) is 8.63. The molecule has 0 radical (unpaired) electrons. The number of hydrogen-bond acceptors (Lipinski definition) is 3. The minimum absolute atomic E-state index is 0.0677. The van der Waals surface area contributed by atoms with Crippen LogP contribution in [0.3, 0.4) is 0 Å². The number of nitrogens with two attached hydrogens (primary N) is 1. The van der Waals surface area contributed by atoms with E-state index in [4.69, 9.17) is 10.9 Å². The van der Waals surface area contributed by atoms with Crippen molar-refractivity contribution in [1.29, 1.82) is 0 Å². The fraction of sp³-hybridized carbons (Fsp3) is 0.846. The Morgan fingerprint density at radius 2 is 2.11 bits per heavy atom. The summed E-state index contributed by atoms with van der Waals surface area (Å²) in [6.07, 6.45) is 8.10. The summed E-state index contributed by atoms with van der Waals surface area (Å²) in [5, 5.41) is 14.2. The summed E-state index contributed by atoms with van der Waals surface area (Å²) < 4.78 is 0. The Hall–Kier alpha value is -1.26. The first kappa shape index (κ1) is 14.8. The minimum Gasteiger partial charge on any atom is -0.409 e. The average molecular weight is 255 g/mol. The molecule has 1 aliphatic carbocycles. The molecule has 0 aromatic rings. The van der Waals surface area contributed by atoms with Gasteiger partial charge in [0.05, 0.1) is 0 Å². The zero-order valence-corrected chi connectivity index (χ0v) is 11.2. The van der Waals surface area contributed by atoms with Gasteiger partial charge in [-0.15, -0.1) is 0 Å². The lowest BCUT2D eigenvalue weighted by atomic mass is 9.86. The Morgan fingerprint density at radius 1 is 1.44 bits per heavy atom. The fourth-order valence-electron chi connectivity index (χ4n) is 2.37. The molecular weight excluding hydrogens is 230 g/mol. The number of nitrogens with zero attached hydrogens (tertiary/aromatic N) is 1. The third kappa shape index (κ3) is 5.38. The summed E-state index contributed by atoms with van der Waals surface area (Å²) >= 11 is 0. The number of amides is 1. The van der Waals surface area contributed by atoms with E-state index in [2.05, 4.69) is 10.5 Å². The molecule has 0 bridgehead atoms. The molecule has 1 aliphatic rings. The lowest BCUT2D eigenvalue weighted by Crippen LogP contribution is -2.34. The molecule has 4 N–H and O–H groups in total. The topological polar surface area (TPSA) is 87.7 Å². The molecule has 104 valence electrons. The van der Waals surface area contributed by atoms with Crippen molar-refractivity contribution in [1.82, 2.24) is 5.32 Å². The minimum atomic E-state index is -0.131. The summed E-state index contributed by atoms with van der Waals surface area (Å²) in [6.45, 7) is 2.25. The van der Waals surface area contributed by atoms with Gasteiger partial charge in [0, 0.05) is 18.9 Å². The summed E-state index contributed by atoms with van der Waals surface area (Å²) in [5.74, 6) is 0.820. The molecule has 1 atom stereocenters. The van der Waals surface area contributed by atoms with Crippen LogP contribution in [-0.2, 0) is 4.79 Å². The van der Waals surface area contributed by atoms with Crippen molar-refractivity contribution in [2.24, 2.45) is 22.7 Å². The largest absolute Gasteiger partial charge is 0.409 e. The Labute approximate surface area is 109 Å². The predicted molar refractivity (Wildman–Crippen MR) is 71.4 cm³/mol. The molecule has 5 nitrogen and oxygen atoms in total. The smallest absolute Gasteiger partial charge is 0.220 e. The van der Waals surface area contributed by atoms with Gasteiger partial charge in [-0.2, -0.15) is 0 Å².